The summed E-state index contributed by atoms with van der Waals surface area (Å²) >= 11 is 5.94. The molecule has 118 valence electrons. The van der Waals surface area contributed by atoms with E-state index in [2.05, 4.69) is 10.6 Å². The summed E-state index contributed by atoms with van der Waals surface area (Å²) in [4.78, 5) is 34.3. The normalized spacial score (nSPS) is 16.8. The Morgan fingerprint density at radius 3 is 2.82 bits per heavy atom. The van der Waals surface area contributed by atoms with E-state index in [0.29, 0.717) is 22.9 Å². The minimum absolute atomic E-state index is 0.195. The average molecular weight is 327 g/mol. The van der Waals surface area contributed by atoms with Crippen LogP contribution in [0.25, 0.3) is 0 Å². The number of carbonyl (C=O) groups excluding carboxylic acids is 3. The molecular weight excluding hydrogens is 312 g/mol. The van der Waals surface area contributed by atoms with E-state index in [4.69, 9.17) is 21.1 Å². The minimum Gasteiger partial charge on any atom is -0.495 e. The lowest BCUT2D eigenvalue weighted by Crippen LogP contribution is -2.36. The number of nitrogens with one attached hydrogen (secondary N) is 2. The SMILES string of the molecule is COc1ccc(NC(=O)COC(=O)[C@H]2CCC(=O)N2)cc1Cl. The van der Waals surface area contributed by atoms with Crippen molar-refractivity contribution in [2.45, 2.75) is 18.9 Å². The topological polar surface area (TPSA) is 93.7 Å². The number of amides is 2. The van der Waals surface area contributed by atoms with Crippen LogP contribution < -0.4 is 15.4 Å². The molecule has 1 aliphatic rings. The van der Waals surface area contributed by atoms with E-state index in [1.165, 1.54) is 13.2 Å². The van der Waals surface area contributed by atoms with Gasteiger partial charge >= 0.3 is 5.97 Å². The first-order valence-electron chi connectivity index (χ1n) is 6.59. The summed E-state index contributed by atoms with van der Waals surface area (Å²) in [5, 5.41) is 5.37. The number of hydrogen-bond donors (Lipinski definition) is 2. The van der Waals surface area contributed by atoms with Crippen LogP contribution in [0.1, 0.15) is 12.8 Å². The molecule has 1 heterocycles. The molecule has 2 N–H and O–H groups in total. The molecule has 1 aromatic carbocycles. The number of esters is 1. The lowest BCUT2D eigenvalue weighted by atomic mass is 10.2. The van der Waals surface area contributed by atoms with Crippen LogP contribution in [0.15, 0.2) is 18.2 Å². The Labute approximate surface area is 131 Å². The van der Waals surface area contributed by atoms with Crippen LogP contribution in [0.3, 0.4) is 0 Å². The van der Waals surface area contributed by atoms with Crippen molar-refractivity contribution in [1.82, 2.24) is 5.32 Å². The van der Waals surface area contributed by atoms with Gasteiger partial charge in [0.15, 0.2) is 6.61 Å². The van der Waals surface area contributed by atoms with Crippen molar-refractivity contribution in [1.29, 1.82) is 0 Å². The van der Waals surface area contributed by atoms with Crippen molar-refractivity contribution < 1.29 is 23.9 Å². The van der Waals surface area contributed by atoms with Gasteiger partial charge in [-0.25, -0.2) is 4.79 Å². The summed E-state index contributed by atoms with van der Waals surface area (Å²) in [5.74, 6) is -0.824. The number of ether oxygens (including phenoxy) is 2. The van der Waals surface area contributed by atoms with Crippen LogP contribution >= 0.6 is 11.6 Å². The number of benzene rings is 1. The number of rotatable bonds is 5. The molecule has 1 fully saturated rings. The highest BCUT2D eigenvalue weighted by Gasteiger charge is 2.28. The zero-order valence-electron chi connectivity index (χ0n) is 11.8. The molecule has 1 aliphatic heterocycles. The van der Waals surface area contributed by atoms with Gasteiger partial charge in [0, 0.05) is 12.1 Å². The van der Waals surface area contributed by atoms with E-state index in [9.17, 15) is 14.4 Å². The molecule has 2 rings (SSSR count). The average Bonchev–Trinajstić information content (AvgIpc) is 2.91. The standard InChI is InChI=1S/C14H15ClN2O5/c1-21-11-4-2-8(6-9(11)15)16-13(19)7-22-14(20)10-3-5-12(18)17-10/h2,4,6,10H,3,5,7H2,1H3,(H,16,19)(H,17,18)/t10-/m1/s1. The summed E-state index contributed by atoms with van der Waals surface area (Å²) in [7, 11) is 1.49. The van der Waals surface area contributed by atoms with Gasteiger partial charge in [0.25, 0.3) is 5.91 Å². The number of halogens is 1. The Morgan fingerprint density at radius 1 is 1.45 bits per heavy atom. The third-order valence-electron chi connectivity index (χ3n) is 3.06. The van der Waals surface area contributed by atoms with Crippen LogP contribution in [-0.2, 0) is 19.1 Å². The predicted octanol–water partition coefficient (Wildman–Crippen LogP) is 1.11. The Bertz CT molecular complexity index is 605. The first-order chi connectivity index (χ1) is 10.5. The molecular formula is C14H15ClN2O5. The molecule has 1 atom stereocenters. The van der Waals surface area contributed by atoms with E-state index >= 15 is 0 Å². The quantitative estimate of drug-likeness (QED) is 0.791. The Morgan fingerprint density at radius 2 is 2.23 bits per heavy atom. The summed E-state index contributed by atoms with van der Waals surface area (Å²) in [6, 6.07) is 4.08. The van der Waals surface area contributed by atoms with Gasteiger partial charge in [0.1, 0.15) is 11.8 Å². The number of hydrogen-bond acceptors (Lipinski definition) is 5. The third-order valence-corrected chi connectivity index (χ3v) is 3.36. The van der Waals surface area contributed by atoms with Gasteiger partial charge in [-0.2, -0.15) is 0 Å². The molecule has 2 amide bonds. The highest BCUT2D eigenvalue weighted by Crippen LogP contribution is 2.27. The van der Waals surface area contributed by atoms with Crippen molar-refractivity contribution in [3.63, 3.8) is 0 Å². The van der Waals surface area contributed by atoms with Crippen LogP contribution in [-0.4, -0.2) is 37.5 Å². The van der Waals surface area contributed by atoms with Crippen molar-refractivity contribution in [2.24, 2.45) is 0 Å². The lowest BCUT2D eigenvalue weighted by Gasteiger charge is -2.11. The van der Waals surface area contributed by atoms with Crippen molar-refractivity contribution in [2.75, 3.05) is 19.0 Å². The molecule has 0 aromatic heterocycles. The Hall–Kier alpha value is -2.28. The monoisotopic (exact) mass is 326 g/mol. The van der Waals surface area contributed by atoms with E-state index in [1.807, 2.05) is 0 Å². The summed E-state index contributed by atoms with van der Waals surface area (Å²) in [5.41, 5.74) is 0.459. The molecule has 0 bridgehead atoms. The number of anilines is 1. The zero-order chi connectivity index (χ0) is 16.1. The van der Waals surface area contributed by atoms with Gasteiger partial charge in [-0.05, 0) is 24.6 Å². The zero-order valence-corrected chi connectivity index (χ0v) is 12.6. The van der Waals surface area contributed by atoms with Crippen molar-refractivity contribution >= 4 is 35.1 Å². The van der Waals surface area contributed by atoms with E-state index in [-0.39, 0.29) is 12.3 Å². The first-order valence-corrected chi connectivity index (χ1v) is 6.97. The molecule has 0 saturated carbocycles. The van der Waals surface area contributed by atoms with Gasteiger partial charge < -0.3 is 20.1 Å². The summed E-state index contributed by atoms with van der Waals surface area (Å²) < 4.78 is 9.86. The Balaban J connectivity index is 1.81. The van der Waals surface area contributed by atoms with Crippen molar-refractivity contribution in [3.05, 3.63) is 23.2 Å². The van der Waals surface area contributed by atoms with E-state index < -0.39 is 24.5 Å². The fraction of sp³-hybridized carbons (Fsp3) is 0.357. The smallest absolute Gasteiger partial charge is 0.329 e. The molecule has 0 unspecified atom stereocenters. The molecule has 1 aromatic rings. The summed E-state index contributed by atoms with van der Waals surface area (Å²) in [6.45, 7) is -0.436. The van der Waals surface area contributed by atoms with E-state index in [0.717, 1.165) is 0 Å². The van der Waals surface area contributed by atoms with Gasteiger partial charge in [-0.3, -0.25) is 9.59 Å². The van der Waals surface area contributed by atoms with Crippen molar-refractivity contribution in [3.8, 4) is 5.75 Å². The van der Waals surface area contributed by atoms with Gasteiger partial charge in [0.2, 0.25) is 5.91 Å². The van der Waals surface area contributed by atoms with Crippen LogP contribution in [0, 0.1) is 0 Å². The lowest BCUT2D eigenvalue weighted by molar-refractivity contribution is -0.149. The largest absolute Gasteiger partial charge is 0.495 e. The van der Waals surface area contributed by atoms with Crippen LogP contribution in [0.2, 0.25) is 5.02 Å². The summed E-state index contributed by atoms with van der Waals surface area (Å²) in [6.07, 6.45) is 0.670. The van der Waals surface area contributed by atoms with Gasteiger partial charge in [-0.1, -0.05) is 11.6 Å². The number of methoxy groups -OCH3 is 1. The van der Waals surface area contributed by atoms with Gasteiger partial charge in [-0.15, -0.1) is 0 Å². The predicted molar refractivity (Wildman–Crippen MR) is 78.8 cm³/mol. The third kappa shape index (κ3) is 4.11. The molecule has 0 aliphatic carbocycles. The maximum Gasteiger partial charge on any atom is 0.329 e. The fourth-order valence-corrected chi connectivity index (χ4v) is 2.23. The molecule has 7 nitrogen and oxygen atoms in total. The second kappa shape index (κ2) is 7.13. The van der Waals surface area contributed by atoms with E-state index in [1.54, 1.807) is 12.1 Å². The first kappa shape index (κ1) is 16.1. The molecule has 0 radical (unpaired) electrons. The van der Waals surface area contributed by atoms with Crippen LogP contribution in [0.5, 0.6) is 5.75 Å². The van der Waals surface area contributed by atoms with Crippen LogP contribution in [0.4, 0.5) is 5.69 Å². The second-order valence-electron chi connectivity index (χ2n) is 4.66. The molecule has 1 saturated heterocycles. The number of carbonyl (C=O) groups is 3. The fourth-order valence-electron chi connectivity index (χ4n) is 1.97. The molecule has 0 spiro atoms. The minimum atomic E-state index is -0.671. The van der Waals surface area contributed by atoms with Gasteiger partial charge in [0.05, 0.1) is 12.1 Å². The second-order valence-corrected chi connectivity index (χ2v) is 5.07. The maximum absolute atomic E-state index is 11.7. The highest BCUT2D eigenvalue weighted by molar-refractivity contribution is 6.32. The maximum atomic E-state index is 11.7. The molecule has 22 heavy (non-hydrogen) atoms. The molecule has 8 heteroatoms. The Kier molecular flexibility index (Phi) is 5.21. The highest BCUT2D eigenvalue weighted by atomic mass is 35.5.